The van der Waals surface area contributed by atoms with Crippen LogP contribution in [0.4, 0.5) is 5.69 Å². The lowest BCUT2D eigenvalue weighted by Gasteiger charge is -2.38. The zero-order valence-electron chi connectivity index (χ0n) is 14.8. The van der Waals surface area contributed by atoms with Gasteiger partial charge < -0.3 is 19.1 Å². The molecule has 132 valence electrons. The quantitative estimate of drug-likeness (QED) is 0.628. The van der Waals surface area contributed by atoms with Crippen LogP contribution >= 0.6 is 0 Å². The number of esters is 1. The summed E-state index contributed by atoms with van der Waals surface area (Å²) < 4.78 is 16.1. The molecule has 0 N–H and O–H groups in total. The molecule has 24 heavy (non-hydrogen) atoms. The van der Waals surface area contributed by atoms with Crippen LogP contribution in [0.15, 0.2) is 30.3 Å². The van der Waals surface area contributed by atoms with Crippen LogP contribution in [0.2, 0.25) is 0 Å². The maximum atomic E-state index is 11.1. The smallest absolute Gasteiger partial charge is 0.330 e. The highest BCUT2D eigenvalue weighted by Gasteiger charge is 2.39. The van der Waals surface area contributed by atoms with E-state index in [9.17, 15) is 4.79 Å². The number of piperidine rings is 1. The van der Waals surface area contributed by atoms with Crippen LogP contribution in [-0.2, 0) is 19.0 Å². The van der Waals surface area contributed by atoms with Crippen LogP contribution in [0.5, 0.6) is 0 Å². The van der Waals surface area contributed by atoms with Crippen LogP contribution in [0.25, 0.3) is 6.08 Å². The first-order chi connectivity index (χ1) is 11.7. The number of hydrogen-bond donors (Lipinski definition) is 0. The third kappa shape index (κ3) is 4.58. The Morgan fingerprint density at radius 2 is 1.71 bits per heavy atom. The molecule has 0 radical (unpaired) electrons. The van der Waals surface area contributed by atoms with Gasteiger partial charge in [-0.3, -0.25) is 0 Å². The van der Waals surface area contributed by atoms with Crippen molar-refractivity contribution in [2.24, 2.45) is 0 Å². The van der Waals surface area contributed by atoms with Crippen LogP contribution in [0.3, 0.4) is 0 Å². The molecule has 1 aromatic carbocycles. The number of benzene rings is 1. The monoisotopic (exact) mass is 333 g/mol. The summed E-state index contributed by atoms with van der Waals surface area (Å²) in [5.41, 5.74) is 2.16. The van der Waals surface area contributed by atoms with Gasteiger partial charge in [-0.1, -0.05) is 26.0 Å². The molecule has 5 heteroatoms. The molecule has 0 amide bonds. The van der Waals surface area contributed by atoms with Gasteiger partial charge in [-0.05, 0) is 23.8 Å². The van der Waals surface area contributed by atoms with Gasteiger partial charge in [-0.2, -0.15) is 0 Å². The Bertz CT molecular complexity index is 537. The predicted molar refractivity (Wildman–Crippen MR) is 94.9 cm³/mol. The summed E-state index contributed by atoms with van der Waals surface area (Å²) in [7, 11) is 1.37. The second-order valence-electron chi connectivity index (χ2n) is 5.54. The van der Waals surface area contributed by atoms with E-state index < -0.39 is 0 Å². The van der Waals surface area contributed by atoms with Crippen molar-refractivity contribution in [3.8, 4) is 0 Å². The molecule has 0 bridgehead atoms. The van der Waals surface area contributed by atoms with E-state index in [-0.39, 0.29) is 11.8 Å². The Kier molecular flexibility index (Phi) is 6.82. The van der Waals surface area contributed by atoms with Crippen molar-refractivity contribution in [1.82, 2.24) is 0 Å². The first-order valence-electron chi connectivity index (χ1n) is 8.60. The molecule has 2 aliphatic heterocycles. The second kappa shape index (κ2) is 8.85. The van der Waals surface area contributed by atoms with E-state index in [1.807, 2.05) is 26.0 Å². The highest BCUT2D eigenvalue weighted by Crippen LogP contribution is 2.33. The summed E-state index contributed by atoms with van der Waals surface area (Å²) in [5, 5.41) is 0. The number of anilines is 1. The summed E-state index contributed by atoms with van der Waals surface area (Å²) >= 11 is 0. The Morgan fingerprint density at radius 3 is 2.25 bits per heavy atom. The van der Waals surface area contributed by atoms with Gasteiger partial charge in [0.25, 0.3) is 0 Å². The number of hydrogen-bond acceptors (Lipinski definition) is 5. The third-order valence-corrected chi connectivity index (χ3v) is 4.21. The lowest BCUT2D eigenvalue weighted by atomic mass is 10.0. The Balaban J connectivity index is 0.00000100. The predicted octanol–water partition coefficient (Wildman–Crippen LogP) is 3.24. The molecule has 1 aromatic rings. The van der Waals surface area contributed by atoms with Crippen molar-refractivity contribution in [2.45, 2.75) is 32.5 Å². The Morgan fingerprint density at radius 1 is 1.12 bits per heavy atom. The summed E-state index contributed by atoms with van der Waals surface area (Å²) in [5.74, 6) is -0.679. The fourth-order valence-electron chi connectivity index (χ4n) is 2.92. The number of ether oxygens (including phenoxy) is 3. The van der Waals surface area contributed by atoms with Gasteiger partial charge in [0.05, 0.1) is 20.3 Å². The van der Waals surface area contributed by atoms with Gasteiger partial charge >= 0.3 is 5.97 Å². The van der Waals surface area contributed by atoms with Crippen LogP contribution in [-0.4, -0.2) is 45.2 Å². The van der Waals surface area contributed by atoms with Crippen molar-refractivity contribution in [1.29, 1.82) is 0 Å². The maximum Gasteiger partial charge on any atom is 0.330 e. The van der Waals surface area contributed by atoms with E-state index in [0.29, 0.717) is 13.2 Å². The average Bonchev–Trinajstić information content (AvgIpc) is 3.10. The topological polar surface area (TPSA) is 48.0 Å². The number of nitrogens with zero attached hydrogens (tertiary/aromatic N) is 1. The van der Waals surface area contributed by atoms with E-state index >= 15 is 0 Å². The number of rotatable bonds is 3. The lowest BCUT2D eigenvalue weighted by molar-refractivity contribution is -0.169. The minimum atomic E-state index is -0.345. The molecule has 2 saturated heterocycles. The zero-order chi connectivity index (χ0) is 17.4. The molecule has 0 aromatic heterocycles. The molecule has 2 heterocycles. The first-order valence-corrected chi connectivity index (χ1v) is 8.60. The van der Waals surface area contributed by atoms with Crippen molar-refractivity contribution in [2.75, 3.05) is 38.3 Å². The van der Waals surface area contributed by atoms with E-state index in [0.717, 1.165) is 31.5 Å². The summed E-state index contributed by atoms with van der Waals surface area (Å²) in [6.45, 7) is 7.27. The SMILES string of the molecule is CC.COC(=O)/C=C/c1ccc(N2CCC3(CC2)OCCO3)cc1. The standard InChI is InChI=1S/C17H21NO4.C2H6/c1-20-16(19)7-4-14-2-5-15(6-3-14)18-10-8-17(9-11-18)21-12-13-22-17;1-2/h2-7H,8-13H2,1H3;1-2H3/b7-4+;. The third-order valence-electron chi connectivity index (χ3n) is 4.21. The Hall–Kier alpha value is -1.85. The minimum absolute atomic E-state index is 0.334. The Labute approximate surface area is 144 Å². The lowest BCUT2D eigenvalue weighted by Crippen LogP contribution is -2.45. The van der Waals surface area contributed by atoms with Gasteiger partial charge in [0.1, 0.15) is 0 Å². The maximum absolute atomic E-state index is 11.1. The zero-order valence-corrected chi connectivity index (χ0v) is 14.8. The van der Waals surface area contributed by atoms with Crippen molar-refractivity contribution < 1.29 is 19.0 Å². The molecule has 0 atom stereocenters. The highest BCUT2D eigenvalue weighted by molar-refractivity contribution is 5.86. The second-order valence-corrected chi connectivity index (χ2v) is 5.54. The molecular formula is C19H27NO4. The number of carbonyl (C=O) groups is 1. The van der Waals surface area contributed by atoms with Gasteiger partial charge in [0.2, 0.25) is 0 Å². The first kappa shape index (κ1) is 18.5. The highest BCUT2D eigenvalue weighted by atomic mass is 16.7. The van der Waals surface area contributed by atoms with E-state index in [1.165, 1.54) is 18.9 Å². The van der Waals surface area contributed by atoms with E-state index in [1.54, 1.807) is 6.08 Å². The molecule has 5 nitrogen and oxygen atoms in total. The fourth-order valence-corrected chi connectivity index (χ4v) is 2.92. The summed E-state index contributed by atoms with van der Waals surface area (Å²) in [4.78, 5) is 13.4. The van der Waals surface area contributed by atoms with Crippen molar-refractivity contribution in [3.63, 3.8) is 0 Å². The summed E-state index contributed by atoms with van der Waals surface area (Å²) in [6.07, 6.45) is 4.98. The van der Waals surface area contributed by atoms with Gasteiger partial charge in [0, 0.05) is 37.7 Å². The van der Waals surface area contributed by atoms with Crippen LogP contribution in [0, 0.1) is 0 Å². The number of carbonyl (C=O) groups excluding carboxylic acids is 1. The number of methoxy groups -OCH3 is 1. The van der Waals surface area contributed by atoms with E-state index in [2.05, 4.69) is 21.8 Å². The van der Waals surface area contributed by atoms with Crippen molar-refractivity contribution >= 4 is 17.7 Å². The van der Waals surface area contributed by atoms with Gasteiger partial charge in [-0.25, -0.2) is 4.79 Å². The molecule has 2 fully saturated rings. The molecule has 0 aliphatic carbocycles. The summed E-state index contributed by atoms with van der Waals surface area (Å²) in [6, 6.07) is 8.15. The minimum Gasteiger partial charge on any atom is -0.466 e. The van der Waals surface area contributed by atoms with Crippen LogP contribution in [0.1, 0.15) is 32.3 Å². The molecule has 1 spiro atoms. The molecule has 0 saturated carbocycles. The van der Waals surface area contributed by atoms with E-state index in [4.69, 9.17) is 9.47 Å². The van der Waals surface area contributed by atoms with Gasteiger partial charge in [0.15, 0.2) is 5.79 Å². The van der Waals surface area contributed by atoms with Gasteiger partial charge in [-0.15, -0.1) is 0 Å². The average molecular weight is 333 g/mol. The molecule has 0 unspecified atom stereocenters. The van der Waals surface area contributed by atoms with Crippen molar-refractivity contribution in [3.05, 3.63) is 35.9 Å². The molecule has 3 rings (SSSR count). The fraction of sp³-hybridized carbons (Fsp3) is 0.526. The largest absolute Gasteiger partial charge is 0.466 e. The molecule has 2 aliphatic rings. The molecular weight excluding hydrogens is 306 g/mol. The van der Waals surface area contributed by atoms with Crippen LogP contribution < -0.4 is 4.90 Å². The normalized spacial score (nSPS) is 19.2.